The Morgan fingerprint density at radius 2 is 2.10 bits per heavy atom. The van der Waals surface area contributed by atoms with E-state index in [4.69, 9.17) is 4.42 Å². The van der Waals surface area contributed by atoms with Gasteiger partial charge in [0.25, 0.3) is 5.89 Å². The Morgan fingerprint density at radius 3 is 2.83 bits per heavy atom. The minimum Gasteiger partial charge on any atom is -0.420 e. The van der Waals surface area contributed by atoms with Crippen LogP contribution >= 0.6 is 23.1 Å². The summed E-state index contributed by atoms with van der Waals surface area (Å²) in [6.45, 7) is 5.80. The van der Waals surface area contributed by atoms with Gasteiger partial charge >= 0.3 is 0 Å². The minimum absolute atomic E-state index is 0.110. The Labute approximate surface area is 179 Å². The highest BCUT2D eigenvalue weighted by Crippen LogP contribution is 2.30. The monoisotopic (exact) mass is 427 g/mol. The summed E-state index contributed by atoms with van der Waals surface area (Å²) in [5.41, 5.74) is 1.06. The molecule has 0 aliphatic carbocycles. The van der Waals surface area contributed by atoms with Crippen LogP contribution in [0.15, 0.2) is 51.1 Å². The molecule has 7 heteroatoms. The number of carbonyl (C=O) groups excluding carboxylic acids is 1. The molecule has 1 unspecified atom stereocenters. The number of carbonyl (C=O) groups is 1. The van der Waals surface area contributed by atoms with Crippen LogP contribution in [-0.4, -0.2) is 39.3 Å². The molecule has 1 saturated heterocycles. The molecular weight excluding hydrogens is 402 g/mol. The summed E-state index contributed by atoms with van der Waals surface area (Å²) in [6, 6.07) is 12.3. The number of hydrogen-bond acceptors (Lipinski definition) is 6. The molecule has 3 heterocycles. The normalized spacial score (nSPS) is 17.1. The van der Waals surface area contributed by atoms with Crippen LogP contribution in [0.4, 0.5) is 0 Å². The molecule has 1 atom stereocenters. The van der Waals surface area contributed by atoms with E-state index in [2.05, 4.69) is 48.3 Å². The molecule has 0 spiro atoms. The highest BCUT2D eigenvalue weighted by atomic mass is 32.2. The highest BCUT2D eigenvalue weighted by Gasteiger charge is 2.28. The first-order valence-electron chi connectivity index (χ1n) is 9.99. The van der Waals surface area contributed by atoms with Crippen LogP contribution in [0, 0.1) is 0 Å². The van der Waals surface area contributed by atoms with Gasteiger partial charge in [0, 0.05) is 23.2 Å². The van der Waals surface area contributed by atoms with Gasteiger partial charge in [0.05, 0.1) is 17.2 Å². The van der Waals surface area contributed by atoms with E-state index in [1.165, 1.54) is 4.90 Å². The van der Waals surface area contributed by atoms with Crippen LogP contribution in [-0.2, 0) is 11.2 Å². The van der Waals surface area contributed by atoms with Crippen molar-refractivity contribution in [3.8, 4) is 10.8 Å². The van der Waals surface area contributed by atoms with Crippen molar-refractivity contribution in [1.29, 1.82) is 0 Å². The second-order valence-electron chi connectivity index (χ2n) is 7.59. The number of thioether (sulfide) groups is 1. The van der Waals surface area contributed by atoms with E-state index in [0.29, 0.717) is 30.0 Å². The number of rotatable bonds is 6. The molecule has 1 aliphatic heterocycles. The lowest BCUT2D eigenvalue weighted by molar-refractivity contribution is -0.131. The predicted molar refractivity (Wildman–Crippen MR) is 117 cm³/mol. The first kappa shape index (κ1) is 20.2. The number of thiophene rings is 1. The van der Waals surface area contributed by atoms with Gasteiger partial charge in [-0.2, -0.15) is 0 Å². The second-order valence-corrected chi connectivity index (χ2v) is 10.2. The molecule has 4 rings (SSSR count). The predicted octanol–water partition coefficient (Wildman–Crippen LogP) is 5.25. The van der Waals surface area contributed by atoms with Gasteiger partial charge in [-0.25, -0.2) is 0 Å². The van der Waals surface area contributed by atoms with Crippen molar-refractivity contribution in [3.05, 3.63) is 53.2 Å². The minimum atomic E-state index is 0.110. The average Bonchev–Trinajstić information content (AvgIpc) is 3.41. The number of amides is 1. The van der Waals surface area contributed by atoms with Crippen LogP contribution in [0.2, 0.25) is 0 Å². The standard InChI is InChI=1S/C22H25N3O2S2/c1-15(2)29-18-9-7-16(8-10-18)13-20(26)25-11-3-5-17(14-25)21-23-24-22(27-21)19-6-4-12-28-19/h4,6-10,12,15,17H,3,5,11,13-14H2,1-2H3. The Kier molecular flexibility index (Phi) is 6.35. The van der Waals surface area contributed by atoms with Crippen LogP contribution in [0.5, 0.6) is 0 Å². The third-order valence-corrected chi connectivity index (χ3v) is 6.82. The maximum atomic E-state index is 12.9. The van der Waals surface area contributed by atoms with Crippen molar-refractivity contribution in [2.24, 2.45) is 0 Å². The van der Waals surface area contributed by atoms with Crippen molar-refractivity contribution in [2.45, 2.75) is 49.2 Å². The number of piperidine rings is 1. The van der Waals surface area contributed by atoms with Gasteiger partial charge in [0.1, 0.15) is 0 Å². The topological polar surface area (TPSA) is 59.2 Å². The van der Waals surface area contributed by atoms with Crippen LogP contribution in [0.25, 0.3) is 10.8 Å². The second kappa shape index (κ2) is 9.13. The van der Waals surface area contributed by atoms with Gasteiger partial charge < -0.3 is 9.32 Å². The highest BCUT2D eigenvalue weighted by molar-refractivity contribution is 7.99. The lowest BCUT2D eigenvalue weighted by Crippen LogP contribution is -2.40. The van der Waals surface area contributed by atoms with Crippen molar-refractivity contribution >= 4 is 29.0 Å². The molecule has 2 aromatic heterocycles. The lowest BCUT2D eigenvalue weighted by atomic mass is 9.97. The van der Waals surface area contributed by atoms with Crippen LogP contribution in [0.3, 0.4) is 0 Å². The maximum absolute atomic E-state index is 12.9. The van der Waals surface area contributed by atoms with E-state index in [1.54, 1.807) is 11.3 Å². The van der Waals surface area contributed by atoms with Gasteiger partial charge in [0.2, 0.25) is 11.8 Å². The van der Waals surface area contributed by atoms with Crippen molar-refractivity contribution in [1.82, 2.24) is 15.1 Å². The molecule has 1 amide bonds. The fraction of sp³-hybridized carbons (Fsp3) is 0.409. The summed E-state index contributed by atoms with van der Waals surface area (Å²) in [5, 5.41) is 11.0. The summed E-state index contributed by atoms with van der Waals surface area (Å²) in [7, 11) is 0. The zero-order chi connectivity index (χ0) is 20.2. The number of hydrogen-bond donors (Lipinski definition) is 0. The maximum Gasteiger partial charge on any atom is 0.257 e. The van der Waals surface area contributed by atoms with Gasteiger partial charge in [-0.05, 0) is 42.0 Å². The summed E-state index contributed by atoms with van der Waals surface area (Å²) >= 11 is 3.42. The molecule has 0 N–H and O–H groups in total. The third kappa shape index (κ3) is 5.08. The zero-order valence-electron chi connectivity index (χ0n) is 16.7. The molecule has 0 radical (unpaired) electrons. The summed E-state index contributed by atoms with van der Waals surface area (Å²) in [6.07, 6.45) is 2.36. The van der Waals surface area contributed by atoms with Crippen molar-refractivity contribution < 1.29 is 9.21 Å². The fourth-order valence-corrected chi connectivity index (χ4v) is 5.03. The SMILES string of the molecule is CC(C)Sc1ccc(CC(=O)N2CCCC(c3nnc(-c4cccs4)o3)C2)cc1. The summed E-state index contributed by atoms with van der Waals surface area (Å²) in [4.78, 5) is 17.0. The van der Waals surface area contributed by atoms with E-state index in [-0.39, 0.29) is 11.8 Å². The van der Waals surface area contributed by atoms with Crippen LogP contribution < -0.4 is 0 Å². The molecule has 1 aromatic carbocycles. The third-order valence-electron chi connectivity index (χ3n) is 4.95. The molecule has 29 heavy (non-hydrogen) atoms. The Bertz CT molecular complexity index is 935. The largest absolute Gasteiger partial charge is 0.420 e. The molecule has 0 bridgehead atoms. The number of benzene rings is 1. The number of aromatic nitrogens is 2. The zero-order valence-corrected chi connectivity index (χ0v) is 18.3. The Hall–Kier alpha value is -2.12. The quantitative estimate of drug-likeness (QED) is 0.503. The van der Waals surface area contributed by atoms with E-state index in [9.17, 15) is 4.79 Å². The fourth-order valence-electron chi connectivity index (χ4n) is 3.55. The molecule has 5 nitrogen and oxygen atoms in total. The molecule has 0 saturated carbocycles. The molecule has 1 fully saturated rings. The number of nitrogens with zero attached hydrogens (tertiary/aromatic N) is 3. The van der Waals surface area contributed by atoms with Gasteiger partial charge in [-0.1, -0.05) is 32.0 Å². The van der Waals surface area contributed by atoms with Crippen LogP contribution in [0.1, 0.15) is 44.1 Å². The van der Waals surface area contributed by atoms with Gasteiger partial charge in [-0.3, -0.25) is 4.79 Å². The Balaban J connectivity index is 1.37. The Morgan fingerprint density at radius 1 is 1.28 bits per heavy atom. The molecule has 1 aliphatic rings. The van der Waals surface area contributed by atoms with Gasteiger partial charge in [0.15, 0.2) is 0 Å². The average molecular weight is 428 g/mol. The van der Waals surface area contributed by atoms with E-state index < -0.39 is 0 Å². The van der Waals surface area contributed by atoms with Crippen molar-refractivity contribution in [3.63, 3.8) is 0 Å². The molecular formula is C22H25N3O2S2. The van der Waals surface area contributed by atoms with E-state index in [1.807, 2.05) is 34.2 Å². The van der Waals surface area contributed by atoms with E-state index in [0.717, 1.165) is 29.8 Å². The van der Waals surface area contributed by atoms with E-state index >= 15 is 0 Å². The smallest absolute Gasteiger partial charge is 0.257 e. The molecule has 3 aromatic rings. The summed E-state index contributed by atoms with van der Waals surface area (Å²) < 4.78 is 5.91. The summed E-state index contributed by atoms with van der Waals surface area (Å²) in [5.74, 6) is 1.48. The lowest BCUT2D eigenvalue weighted by Gasteiger charge is -2.31. The first-order valence-corrected chi connectivity index (χ1v) is 11.7. The van der Waals surface area contributed by atoms with Crippen molar-refractivity contribution in [2.75, 3.05) is 13.1 Å². The first-order chi connectivity index (χ1) is 14.1. The number of likely N-dealkylation sites (tertiary alicyclic amines) is 1. The molecule has 152 valence electrons. The van der Waals surface area contributed by atoms with Gasteiger partial charge in [-0.15, -0.1) is 33.3 Å².